The van der Waals surface area contributed by atoms with Gasteiger partial charge in [0.05, 0.1) is 30.8 Å². The van der Waals surface area contributed by atoms with Crippen molar-refractivity contribution < 1.29 is 28.6 Å². The first-order chi connectivity index (χ1) is 16.5. The van der Waals surface area contributed by atoms with Crippen molar-refractivity contribution in [2.24, 2.45) is 5.92 Å². The standard InChI is InChI=1S/C24H27FN4O5/c1-2-33-23(32)15-6-8-18(9-7-15)29-20-13-21(34-11-10-30)26-14-19(20)27-24(29)28-22(31)16-4-3-5-17(25)12-16/h3-5,12-15,18,30H,2,6-11H2,1H3,(H,27,28,31). The summed E-state index contributed by atoms with van der Waals surface area (Å²) >= 11 is 0. The van der Waals surface area contributed by atoms with Gasteiger partial charge in [-0.2, -0.15) is 0 Å². The SMILES string of the molecule is CCOC(=O)C1CCC(n2c(NC(=O)c3cccc(F)c3)nc3cnc(OCCO)cc32)CC1. The summed E-state index contributed by atoms with van der Waals surface area (Å²) in [6, 6.07) is 7.11. The van der Waals surface area contributed by atoms with E-state index in [9.17, 15) is 14.0 Å². The van der Waals surface area contributed by atoms with Crippen molar-refractivity contribution in [1.82, 2.24) is 14.5 Å². The van der Waals surface area contributed by atoms with Crippen LogP contribution in [0.2, 0.25) is 0 Å². The highest BCUT2D eigenvalue weighted by molar-refractivity contribution is 6.04. The van der Waals surface area contributed by atoms with E-state index in [0.29, 0.717) is 55.2 Å². The Bertz CT molecular complexity index is 1170. The second kappa shape index (κ2) is 10.6. The fourth-order valence-corrected chi connectivity index (χ4v) is 4.30. The van der Waals surface area contributed by atoms with Crippen molar-refractivity contribution in [2.75, 3.05) is 25.1 Å². The Labute approximate surface area is 195 Å². The number of hydrogen-bond acceptors (Lipinski definition) is 7. The van der Waals surface area contributed by atoms with E-state index in [1.54, 1.807) is 19.2 Å². The lowest BCUT2D eigenvalue weighted by Gasteiger charge is -2.29. The molecule has 0 atom stereocenters. The Morgan fingerprint density at radius 1 is 1.24 bits per heavy atom. The summed E-state index contributed by atoms with van der Waals surface area (Å²) in [7, 11) is 0. The highest BCUT2D eigenvalue weighted by Crippen LogP contribution is 2.37. The number of aliphatic hydroxyl groups is 1. The maximum absolute atomic E-state index is 13.6. The first-order valence-corrected chi connectivity index (χ1v) is 11.3. The Kier molecular flexibility index (Phi) is 7.36. The number of ether oxygens (including phenoxy) is 2. The van der Waals surface area contributed by atoms with Gasteiger partial charge < -0.3 is 19.1 Å². The lowest BCUT2D eigenvalue weighted by atomic mass is 9.86. The number of benzene rings is 1. The maximum atomic E-state index is 13.6. The predicted octanol–water partition coefficient (Wildman–Crippen LogP) is 3.49. The summed E-state index contributed by atoms with van der Waals surface area (Å²) in [5, 5.41) is 11.9. The molecule has 1 aromatic carbocycles. The highest BCUT2D eigenvalue weighted by Gasteiger charge is 2.30. The minimum absolute atomic E-state index is 0.0356. The number of fused-ring (bicyclic) bond motifs is 1. The quantitative estimate of drug-likeness (QED) is 0.484. The van der Waals surface area contributed by atoms with E-state index < -0.39 is 11.7 Å². The first kappa shape index (κ1) is 23.6. The summed E-state index contributed by atoms with van der Waals surface area (Å²) in [6.45, 7) is 2.09. The van der Waals surface area contributed by atoms with Crippen LogP contribution in [0.3, 0.4) is 0 Å². The molecule has 2 aromatic heterocycles. The van der Waals surface area contributed by atoms with Crippen LogP contribution in [0.25, 0.3) is 11.0 Å². The summed E-state index contributed by atoms with van der Waals surface area (Å²) in [5.41, 5.74) is 1.44. The number of anilines is 1. The van der Waals surface area contributed by atoms with Crippen LogP contribution >= 0.6 is 0 Å². The molecule has 9 nitrogen and oxygen atoms in total. The monoisotopic (exact) mass is 470 g/mol. The van der Waals surface area contributed by atoms with Gasteiger partial charge in [-0.3, -0.25) is 14.9 Å². The number of nitrogens with one attached hydrogen (secondary N) is 1. The molecule has 1 aliphatic carbocycles. The molecular weight excluding hydrogens is 443 g/mol. The number of carbonyl (C=O) groups is 2. The zero-order valence-electron chi connectivity index (χ0n) is 18.9. The number of amides is 1. The van der Waals surface area contributed by atoms with Crippen molar-refractivity contribution in [3.05, 3.63) is 47.9 Å². The van der Waals surface area contributed by atoms with Crippen LogP contribution in [-0.2, 0) is 9.53 Å². The number of rotatable bonds is 8. The van der Waals surface area contributed by atoms with Gasteiger partial charge in [0, 0.05) is 17.7 Å². The van der Waals surface area contributed by atoms with Gasteiger partial charge in [0.1, 0.15) is 17.9 Å². The van der Waals surface area contributed by atoms with Gasteiger partial charge in [0.15, 0.2) is 0 Å². The van der Waals surface area contributed by atoms with Crippen LogP contribution in [0.5, 0.6) is 5.88 Å². The van der Waals surface area contributed by atoms with Gasteiger partial charge in [-0.15, -0.1) is 0 Å². The molecule has 0 radical (unpaired) electrons. The second-order valence-electron chi connectivity index (χ2n) is 8.11. The van der Waals surface area contributed by atoms with E-state index in [-0.39, 0.29) is 36.7 Å². The summed E-state index contributed by atoms with van der Waals surface area (Å²) < 4.78 is 26.2. The van der Waals surface area contributed by atoms with E-state index in [4.69, 9.17) is 14.6 Å². The van der Waals surface area contributed by atoms with E-state index >= 15 is 0 Å². The molecule has 0 unspecified atom stereocenters. The van der Waals surface area contributed by atoms with E-state index in [2.05, 4.69) is 15.3 Å². The number of esters is 1. The molecule has 0 bridgehead atoms. The van der Waals surface area contributed by atoms with Crippen LogP contribution < -0.4 is 10.1 Å². The van der Waals surface area contributed by atoms with Crippen molar-refractivity contribution >= 4 is 28.9 Å². The Morgan fingerprint density at radius 3 is 2.74 bits per heavy atom. The predicted molar refractivity (Wildman–Crippen MR) is 122 cm³/mol. The van der Waals surface area contributed by atoms with E-state index in [1.165, 1.54) is 18.2 Å². The number of halogens is 1. The van der Waals surface area contributed by atoms with Crippen LogP contribution in [0.15, 0.2) is 36.5 Å². The number of pyridine rings is 1. The van der Waals surface area contributed by atoms with Crippen molar-refractivity contribution in [1.29, 1.82) is 0 Å². The molecule has 2 heterocycles. The number of nitrogens with zero attached hydrogens (tertiary/aromatic N) is 3. The molecule has 10 heteroatoms. The number of imidazole rings is 1. The minimum Gasteiger partial charge on any atom is -0.475 e. The molecule has 1 saturated carbocycles. The Balaban J connectivity index is 1.65. The number of carbonyl (C=O) groups excluding carboxylic acids is 2. The summed E-state index contributed by atoms with van der Waals surface area (Å²) in [6.07, 6.45) is 4.22. The molecule has 34 heavy (non-hydrogen) atoms. The second-order valence-corrected chi connectivity index (χ2v) is 8.11. The molecule has 1 aliphatic rings. The van der Waals surface area contributed by atoms with Gasteiger partial charge in [0.25, 0.3) is 5.91 Å². The van der Waals surface area contributed by atoms with Gasteiger partial charge in [-0.1, -0.05) is 6.07 Å². The molecule has 3 aromatic rings. The summed E-state index contributed by atoms with van der Waals surface area (Å²) in [5.74, 6) is -0.688. The Morgan fingerprint density at radius 2 is 2.03 bits per heavy atom. The van der Waals surface area contributed by atoms with Crippen LogP contribution in [-0.4, -0.2) is 51.3 Å². The highest BCUT2D eigenvalue weighted by atomic mass is 19.1. The van der Waals surface area contributed by atoms with Crippen molar-refractivity contribution in [3.63, 3.8) is 0 Å². The molecule has 1 fully saturated rings. The van der Waals surface area contributed by atoms with Gasteiger partial charge in [0.2, 0.25) is 11.8 Å². The molecular formula is C24H27FN4O5. The largest absolute Gasteiger partial charge is 0.475 e. The molecule has 2 N–H and O–H groups in total. The maximum Gasteiger partial charge on any atom is 0.308 e. The average molecular weight is 471 g/mol. The molecule has 0 aliphatic heterocycles. The van der Waals surface area contributed by atoms with Gasteiger partial charge >= 0.3 is 5.97 Å². The van der Waals surface area contributed by atoms with Gasteiger partial charge in [-0.05, 0) is 50.8 Å². The molecule has 180 valence electrons. The first-order valence-electron chi connectivity index (χ1n) is 11.3. The smallest absolute Gasteiger partial charge is 0.308 e. The zero-order valence-corrected chi connectivity index (χ0v) is 18.9. The number of hydrogen-bond donors (Lipinski definition) is 2. The number of aliphatic hydroxyl groups excluding tert-OH is 1. The van der Waals surface area contributed by atoms with Crippen LogP contribution in [0.1, 0.15) is 49.0 Å². The lowest BCUT2D eigenvalue weighted by Crippen LogP contribution is -2.26. The van der Waals surface area contributed by atoms with Crippen LogP contribution in [0.4, 0.5) is 10.3 Å². The molecule has 0 spiro atoms. The molecule has 1 amide bonds. The lowest BCUT2D eigenvalue weighted by molar-refractivity contribution is -0.149. The number of aromatic nitrogens is 3. The van der Waals surface area contributed by atoms with Gasteiger partial charge in [-0.25, -0.2) is 14.4 Å². The van der Waals surface area contributed by atoms with Crippen molar-refractivity contribution in [3.8, 4) is 5.88 Å². The normalized spacial score (nSPS) is 18.0. The average Bonchev–Trinajstić information content (AvgIpc) is 3.20. The summed E-state index contributed by atoms with van der Waals surface area (Å²) in [4.78, 5) is 33.8. The zero-order chi connectivity index (χ0) is 24.1. The topological polar surface area (TPSA) is 116 Å². The third-order valence-electron chi connectivity index (χ3n) is 5.89. The molecule has 4 rings (SSSR count). The fraction of sp³-hybridized carbons (Fsp3) is 0.417. The minimum atomic E-state index is -0.506. The van der Waals surface area contributed by atoms with E-state index in [0.717, 1.165) is 6.07 Å². The molecule has 0 saturated heterocycles. The third-order valence-corrected chi connectivity index (χ3v) is 5.89. The Hall–Kier alpha value is -3.53. The third kappa shape index (κ3) is 5.17. The fourth-order valence-electron chi connectivity index (χ4n) is 4.30. The van der Waals surface area contributed by atoms with E-state index in [1.807, 2.05) is 4.57 Å². The van der Waals surface area contributed by atoms with Crippen molar-refractivity contribution in [2.45, 2.75) is 38.6 Å². The van der Waals surface area contributed by atoms with Crippen LogP contribution in [0, 0.1) is 11.7 Å².